The van der Waals surface area contributed by atoms with Crippen molar-refractivity contribution in [2.75, 3.05) is 52.1 Å². The summed E-state index contributed by atoms with van der Waals surface area (Å²) in [6, 6.07) is 0. The van der Waals surface area contributed by atoms with E-state index < -0.39 is 10.0 Å². The van der Waals surface area contributed by atoms with E-state index in [2.05, 4.69) is 37.9 Å². The van der Waals surface area contributed by atoms with Gasteiger partial charge in [-0.25, -0.2) is 8.42 Å². The van der Waals surface area contributed by atoms with Crippen LogP contribution in [-0.2, 0) is 10.0 Å². The molecule has 0 saturated carbocycles. The molecule has 1 fully saturated rings. The zero-order chi connectivity index (χ0) is 16.1. The minimum atomic E-state index is -3.03. The van der Waals surface area contributed by atoms with Crippen LogP contribution in [-0.4, -0.2) is 69.7 Å². The van der Waals surface area contributed by atoms with E-state index in [1.807, 2.05) is 0 Å². The van der Waals surface area contributed by atoms with Crippen LogP contribution in [0.15, 0.2) is 0 Å². The van der Waals surface area contributed by atoms with E-state index in [1.54, 1.807) is 4.31 Å². The fourth-order valence-corrected chi connectivity index (χ4v) is 3.54. The maximum Gasteiger partial charge on any atom is 0.211 e. The molecule has 0 spiro atoms. The van der Waals surface area contributed by atoms with E-state index in [-0.39, 0.29) is 5.41 Å². The molecule has 6 heteroatoms. The van der Waals surface area contributed by atoms with Gasteiger partial charge in [-0.3, -0.25) is 0 Å². The number of rotatable bonds is 8. The molecule has 1 heterocycles. The molecule has 0 aromatic rings. The van der Waals surface area contributed by atoms with Gasteiger partial charge in [-0.05, 0) is 24.3 Å². The predicted octanol–water partition coefficient (Wildman–Crippen LogP) is 1.23. The molecule has 1 aliphatic rings. The maximum absolute atomic E-state index is 11.5. The second-order valence-corrected chi connectivity index (χ2v) is 9.11. The second-order valence-electron chi connectivity index (χ2n) is 7.13. The van der Waals surface area contributed by atoms with Crippen molar-refractivity contribution in [3.05, 3.63) is 0 Å². The van der Waals surface area contributed by atoms with Crippen LogP contribution in [0.25, 0.3) is 0 Å². The molecule has 0 radical (unpaired) electrons. The Bertz CT molecular complexity index is 403. The normalized spacial score (nSPS) is 21.6. The molecular formula is C15H33N3O2S. The number of nitrogens with one attached hydrogen (secondary N) is 1. The summed E-state index contributed by atoms with van der Waals surface area (Å²) < 4.78 is 24.7. The lowest BCUT2D eigenvalue weighted by Gasteiger charge is -2.39. The van der Waals surface area contributed by atoms with Gasteiger partial charge >= 0.3 is 0 Å². The highest BCUT2D eigenvalue weighted by molar-refractivity contribution is 7.88. The molecule has 0 aromatic carbocycles. The summed E-state index contributed by atoms with van der Waals surface area (Å²) >= 11 is 0. The number of hydrogen-bond acceptors (Lipinski definition) is 4. The summed E-state index contributed by atoms with van der Waals surface area (Å²) in [4.78, 5) is 2.40. The molecule has 0 aromatic heterocycles. The topological polar surface area (TPSA) is 52.6 Å². The summed E-state index contributed by atoms with van der Waals surface area (Å²) in [6.45, 7) is 15.0. The van der Waals surface area contributed by atoms with Crippen LogP contribution in [0.1, 0.15) is 34.1 Å². The molecule has 0 amide bonds. The van der Waals surface area contributed by atoms with E-state index in [4.69, 9.17) is 0 Å². The largest absolute Gasteiger partial charge is 0.316 e. The molecule has 1 aliphatic heterocycles. The van der Waals surface area contributed by atoms with Gasteiger partial charge in [-0.15, -0.1) is 0 Å². The van der Waals surface area contributed by atoms with Gasteiger partial charge in [-0.1, -0.05) is 27.7 Å². The third-order valence-corrected chi connectivity index (χ3v) is 5.67. The molecule has 1 rings (SSSR count). The van der Waals surface area contributed by atoms with Crippen molar-refractivity contribution < 1.29 is 8.42 Å². The van der Waals surface area contributed by atoms with E-state index >= 15 is 0 Å². The first-order valence-corrected chi connectivity index (χ1v) is 9.89. The van der Waals surface area contributed by atoms with Gasteiger partial charge < -0.3 is 10.2 Å². The number of hydrogen-bond donors (Lipinski definition) is 1. The Hall–Kier alpha value is -0.170. The molecule has 1 saturated heterocycles. The highest BCUT2D eigenvalue weighted by atomic mass is 32.2. The number of piperazine rings is 1. The highest BCUT2D eigenvalue weighted by Crippen LogP contribution is 2.22. The van der Waals surface area contributed by atoms with Gasteiger partial charge in [-0.2, -0.15) is 4.31 Å². The van der Waals surface area contributed by atoms with E-state index in [0.717, 1.165) is 39.1 Å². The summed E-state index contributed by atoms with van der Waals surface area (Å²) in [6.07, 6.45) is 2.43. The molecule has 5 nitrogen and oxygen atoms in total. The molecule has 126 valence electrons. The van der Waals surface area contributed by atoms with Gasteiger partial charge in [0, 0.05) is 39.3 Å². The number of sulfonamides is 1. The molecule has 1 N–H and O–H groups in total. The second kappa shape index (κ2) is 7.90. The minimum Gasteiger partial charge on any atom is -0.316 e. The van der Waals surface area contributed by atoms with Gasteiger partial charge in [0.15, 0.2) is 0 Å². The first-order chi connectivity index (χ1) is 9.66. The van der Waals surface area contributed by atoms with E-state index in [9.17, 15) is 8.42 Å². The maximum atomic E-state index is 11.5. The van der Waals surface area contributed by atoms with Crippen LogP contribution in [0.4, 0.5) is 0 Å². The van der Waals surface area contributed by atoms with Crippen molar-refractivity contribution in [3.8, 4) is 0 Å². The Morgan fingerprint density at radius 3 is 2.19 bits per heavy atom. The summed E-state index contributed by atoms with van der Waals surface area (Å²) in [7, 11) is -3.03. The Kier molecular flexibility index (Phi) is 7.10. The standard InChI is InChI=1S/C15H33N3O2S/c1-6-15(4,12-16-11-14(2)3)13-17-7-9-18(10-8-17)21(5,19)20/h14,16H,6-13H2,1-5H3. The van der Waals surface area contributed by atoms with Crippen LogP contribution in [0.5, 0.6) is 0 Å². The van der Waals surface area contributed by atoms with Crippen molar-refractivity contribution in [3.63, 3.8) is 0 Å². The lowest BCUT2D eigenvalue weighted by atomic mass is 9.86. The average molecular weight is 320 g/mol. The number of nitrogens with zero attached hydrogens (tertiary/aromatic N) is 2. The Labute approximate surface area is 131 Å². The highest BCUT2D eigenvalue weighted by Gasteiger charge is 2.29. The average Bonchev–Trinajstić information content (AvgIpc) is 2.38. The lowest BCUT2D eigenvalue weighted by molar-refractivity contribution is 0.118. The van der Waals surface area contributed by atoms with Gasteiger partial charge in [0.25, 0.3) is 0 Å². The first-order valence-electron chi connectivity index (χ1n) is 8.04. The fraction of sp³-hybridized carbons (Fsp3) is 1.00. The third-order valence-electron chi connectivity index (χ3n) is 4.36. The van der Waals surface area contributed by atoms with Crippen LogP contribution in [0.3, 0.4) is 0 Å². The molecule has 21 heavy (non-hydrogen) atoms. The van der Waals surface area contributed by atoms with E-state index in [1.165, 1.54) is 6.26 Å². The quantitative estimate of drug-likeness (QED) is 0.731. The zero-order valence-electron chi connectivity index (χ0n) is 14.4. The van der Waals surface area contributed by atoms with Crippen LogP contribution in [0.2, 0.25) is 0 Å². The first kappa shape index (κ1) is 18.9. The minimum absolute atomic E-state index is 0.252. The van der Waals surface area contributed by atoms with Gasteiger partial charge in [0.05, 0.1) is 6.26 Å². The SMILES string of the molecule is CCC(C)(CNCC(C)C)CN1CCN(S(C)(=O)=O)CC1. The summed E-state index contributed by atoms with van der Waals surface area (Å²) in [5, 5.41) is 3.57. The third kappa shape index (κ3) is 6.63. The smallest absolute Gasteiger partial charge is 0.211 e. The molecule has 0 aliphatic carbocycles. The van der Waals surface area contributed by atoms with Crippen molar-refractivity contribution in [1.29, 1.82) is 0 Å². The van der Waals surface area contributed by atoms with Gasteiger partial charge in [0.2, 0.25) is 10.0 Å². The molecule has 1 unspecified atom stereocenters. The Morgan fingerprint density at radius 2 is 1.76 bits per heavy atom. The summed E-state index contributed by atoms with van der Waals surface area (Å²) in [5.41, 5.74) is 0.252. The Balaban J connectivity index is 2.44. The lowest BCUT2D eigenvalue weighted by Crippen LogP contribution is -2.52. The van der Waals surface area contributed by atoms with E-state index in [0.29, 0.717) is 19.0 Å². The van der Waals surface area contributed by atoms with Crippen LogP contribution < -0.4 is 5.32 Å². The van der Waals surface area contributed by atoms with Crippen LogP contribution >= 0.6 is 0 Å². The monoisotopic (exact) mass is 319 g/mol. The van der Waals surface area contributed by atoms with Crippen molar-refractivity contribution in [2.24, 2.45) is 11.3 Å². The predicted molar refractivity (Wildman–Crippen MR) is 89.0 cm³/mol. The zero-order valence-corrected chi connectivity index (χ0v) is 15.2. The van der Waals surface area contributed by atoms with Crippen LogP contribution in [0, 0.1) is 11.3 Å². The molecule has 1 atom stereocenters. The molecule has 0 bridgehead atoms. The Morgan fingerprint density at radius 1 is 1.19 bits per heavy atom. The fourth-order valence-electron chi connectivity index (χ4n) is 2.71. The summed E-state index contributed by atoms with van der Waals surface area (Å²) in [5.74, 6) is 0.671. The van der Waals surface area contributed by atoms with Crippen molar-refractivity contribution >= 4 is 10.0 Å². The van der Waals surface area contributed by atoms with Gasteiger partial charge in [0.1, 0.15) is 0 Å². The molecular weight excluding hydrogens is 286 g/mol. The van der Waals surface area contributed by atoms with Crippen molar-refractivity contribution in [2.45, 2.75) is 34.1 Å². The van der Waals surface area contributed by atoms with Crippen molar-refractivity contribution in [1.82, 2.24) is 14.5 Å².